The van der Waals surface area contributed by atoms with Crippen LogP contribution in [0.5, 0.6) is 0 Å². The van der Waals surface area contributed by atoms with Crippen molar-refractivity contribution < 1.29 is 23.9 Å². The summed E-state index contributed by atoms with van der Waals surface area (Å²) < 4.78 is 7.39. The molecule has 1 N–H and O–H groups in total. The normalized spacial score (nSPS) is 14.9. The first kappa shape index (κ1) is 24.4. The number of halogens is 2. The Morgan fingerprint density at radius 3 is 2.31 bits per heavy atom. The fourth-order valence-electron chi connectivity index (χ4n) is 3.89. The molecule has 0 atom stereocenters. The number of nitrogens with one attached hydrogen (secondary N) is 1. The van der Waals surface area contributed by atoms with Crippen LogP contribution in [0.1, 0.15) is 27.3 Å². The maximum Gasteiger partial charge on any atom is 0.339 e. The van der Waals surface area contributed by atoms with Crippen molar-refractivity contribution in [1.82, 2.24) is 9.88 Å². The summed E-state index contributed by atoms with van der Waals surface area (Å²) in [5.74, 6) is -2.04. The van der Waals surface area contributed by atoms with Gasteiger partial charge >= 0.3 is 12.0 Å². The molecule has 8 nitrogen and oxygen atoms in total. The topological polar surface area (TPSA) is 97.7 Å². The van der Waals surface area contributed by atoms with E-state index >= 15 is 0 Å². The number of esters is 1. The molecule has 2 heterocycles. The predicted octanol–water partition coefficient (Wildman–Crippen LogP) is 4.96. The highest BCUT2D eigenvalue weighted by atomic mass is 79.9. The second-order valence-electron chi connectivity index (χ2n) is 7.75. The summed E-state index contributed by atoms with van der Waals surface area (Å²) in [7, 11) is 1.28. The maximum absolute atomic E-state index is 13.2. The van der Waals surface area contributed by atoms with Crippen LogP contribution < -0.4 is 10.2 Å². The van der Waals surface area contributed by atoms with Gasteiger partial charge in [-0.3, -0.25) is 14.9 Å². The van der Waals surface area contributed by atoms with E-state index in [0.717, 1.165) is 20.8 Å². The average Bonchev–Trinajstić information content (AvgIpc) is 3.09. The van der Waals surface area contributed by atoms with Gasteiger partial charge in [0, 0.05) is 21.5 Å². The lowest BCUT2D eigenvalue weighted by Gasteiger charge is -2.26. The van der Waals surface area contributed by atoms with Crippen molar-refractivity contribution in [3.8, 4) is 5.69 Å². The summed E-state index contributed by atoms with van der Waals surface area (Å²) in [5.41, 5.74) is 3.23. The molecule has 4 amide bonds. The number of rotatable bonds is 4. The summed E-state index contributed by atoms with van der Waals surface area (Å²) in [6.07, 6.45) is 1.46. The Labute approximate surface area is 214 Å². The molecule has 10 heteroatoms. The number of hydrogen-bond acceptors (Lipinski definition) is 5. The Balaban J connectivity index is 1.74. The molecule has 1 saturated heterocycles. The lowest BCUT2D eigenvalue weighted by molar-refractivity contribution is -0.122. The second kappa shape index (κ2) is 9.52. The first-order valence-electron chi connectivity index (χ1n) is 10.4. The van der Waals surface area contributed by atoms with Crippen LogP contribution in [0.15, 0.2) is 58.6 Å². The largest absolute Gasteiger partial charge is 0.465 e. The number of urea groups is 1. The average molecular weight is 557 g/mol. The molecular formula is C25H19BrClN3O5. The van der Waals surface area contributed by atoms with E-state index in [1.54, 1.807) is 42.5 Å². The monoisotopic (exact) mass is 555 g/mol. The van der Waals surface area contributed by atoms with Gasteiger partial charge in [-0.15, -0.1) is 0 Å². The summed E-state index contributed by atoms with van der Waals surface area (Å²) in [5, 5.41) is 2.45. The smallest absolute Gasteiger partial charge is 0.339 e. The van der Waals surface area contributed by atoms with E-state index in [-0.39, 0.29) is 16.2 Å². The zero-order valence-electron chi connectivity index (χ0n) is 18.9. The van der Waals surface area contributed by atoms with Gasteiger partial charge in [-0.2, -0.15) is 0 Å². The number of ether oxygens (including phenoxy) is 1. The van der Waals surface area contributed by atoms with E-state index in [9.17, 15) is 19.2 Å². The SMILES string of the molecule is COC(=O)c1ccc(-n2c(C)cc(/C=C3\C(=O)NC(=O)N(c4ccc(Br)cc4)C3=O)c2C)cc1Cl. The molecule has 0 spiro atoms. The number of carbonyl (C=O) groups is 4. The summed E-state index contributed by atoms with van der Waals surface area (Å²) in [6, 6.07) is 12.5. The van der Waals surface area contributed by atoms with Crippen LogP contribution >= 0.6 is 27.5 Å². The van der Waals surface area contributed by atoms with E-state index in [2.05, 4.69) is 21.2 Å². The highest BCUT2D eigenvalue weighted by Gasteiger charge is 2.37. The zero-order valence-corrected chi connectivity index (χ0v) is 21.2. The van der Waals surface area contributed by atoms with Gasteiger partial charge in [-0.25, -0.2) is 14.5 Å². The number of imide groups is 2. The van der Waals surface area contributed by atoms with Gasteiger partial charge in [0.2, 0.25) is 0 Å². The number of hydrogen-bond donors (Lipinski definition) is 1. The van der Waals surface area contributed by atoms with Crippen LogP contribution in [0.2, 0.25) is 5.02 Å². The molecule has 0 unspecified atom stereocenters. The quantitative estimate of drug-likeness (QED) is 0.278. The van der Waals surface area contributed by atoms with Crippen molar-refractivity contribution in [2.24, 2.45) is 0 Å². The minimum absolute atomic E-state index is 0.174. The van der Waals surface area contributed by atoms with Crippen LogP contribution in [0.25, 0.3) is 11.8 Å². The van der Waals surface area contributed by atoms with Crippen LogP contribution in [0, 0.1) is 13.8 Å². The number of amides is 4. The summed E-state index contributed by atoms with van der Waals surface area (Å²) >= 11 is 9.61. The molecule has 1 aliphatic heterocycles. The Morgan fingerprint density at radius 1 is 1.03 bits per heavy atom. The fraction of sp³-hybridized carbons (Fsp3) is 0.120. The molecule has 35 heavy (non-hydrogen) atoms. The highest BCUT2D eigenvalue weighted by Crippen LogP contribution is 2.28. The van der Waals surface area contributed by atoms with E-state index < -0.39 is 23.8 Å². The Kier molecular flexibility index (Phi) is 6.64. The van der Waals surface area contributed by atoms with Crippen molar-refractivity contribution in [2.45, 2.75) is 13.8 Å². The molecule has 4 rings (SSSR count). The number of aromatic nitrogens is 1. The lowest BCUT2D eigenvalue weighted by Crippen LogP contribution is -2.54. The Hall–Kier alpha value is -3.69. The van der Waals surface area contributed by atoms with E-state index in [1.165, 1.54) is 13.2 Å². The van der Waals surface area contributed by atoms with Crippen molar-refractivity contribution in [1.29, 1.82) is 0 Å². The van der Waals surface area contributed by atoms with Gasteiger partial charge < -0.3 is 9.30 Å². The Morgan fingerprint density at radius 2 is 1.69 bits per heavy atom. The van der Waals surface area contributed by atoms with E-state index in [4.69, 9.17) is 16.3 Å². The maximum atomic E-state index is 13.2. The molecule has 1 aliphatic rings. The van der Waals surface area contributed by atoms with Crippen LogP contribution in [-0.2, 0) is 14.3 Å². The minimum atomic E-state index is -0.815. The van der Waals surface area contributed by atoms with E-state index in [1.807, 2.05) is 24.5 Å². The Bertz CT molecular complexity index is 1430. The van der Waals surface area contributed by atoms with Crippen LogP contribution in [-0.4, -0.2) is 35.5 Å². The molecule has 2 aromatic carbocycles. The van der Waals surface area contributed by atoms with E-state index in [0.29, 0.717) is 16.9 Å². The summed E-state index contributed by atoms with van der Waals surface area (Å²) in [4.78, 5) is 50.9. The number of benzene rings is 2. The van der Waals surface area contributed by atoms with Crippen molar-refractivity contribution in [2.75, 3.05) is 12.0 Å². The summed E-state index contributed by atoms with van der Waals surface area (Å²) in [6.45, 7) is 3.68. The second-order valence-corrected chi connectivity index (χ2v) is 9.07. The molecular weight excluding hydrogens is 538 g/mol. The molecule has 0 radical (unpaired) electrons. The standard InChI is InChI=1S/C25H19BrClN3O5/c1-13-10-15(14(2)29(13)18-8-9-19(21(27)12-18)24(33)35-3)11-20-22(31)28-25(34)30(23(20)32)17-6-4-16(26)5-7-17/h4-12H,1-3H3,(H,28,31,34)/b20-11+. The minimum Gasteiger partial charge on any atom is -0.465 e. The van der Waals surface area contributed by atoms with Gasteiger partial charge in [0.05, 0.1) is 23.4 Å². The van der Waals surface area contributed by atoms with Crippen molar-refractivity contribution in [3.63, 3.8) is 0 Å². The molecule has 3 aromatic rings. The molecule has 1 fully saturated rings. The highest BCUT2D eigenvalue weighted by molar-refractivity contribution is 9.10. The van der Waals surface area contributed by atoms with Crippen molar-refractivity contribution >= 4 is 63.1 Å². The van der Waals surface area contributed by atoms with Gasteiger partial charge in [0.15, 0.2) is 0 Å². The number of anilines is 1. The molecule has 0 bridgehead atoms. The third-order valence-corrected chi connectivity index (χ3v) is 6.41. The molecule has 178 valence electrons. The molecule has 1 aromatic heterocycles. The van der Waals surface area contributed by atoms with Crippen molar-refractivity contribution in [3.05, 3.63) is 86.1 Å². The number of carbonyl (C=O) groups excluding carboxylic acids is 4. The third kappa shape index (κ3) is 4.52. The lowest BCUT2D eigenvalue weighted by atomic mass is 10.1. The number of barbiturate groups is 1. The zero-order chi connectivity index (χ0) is 25.4. The van der Waals surface area contributed by atoms with Gasteiger partial charge in [-0.05, 0) is 74.0 Å². The van der Waals surface area contributed by atoms with Crippen LogP contribution in [0.4, 0.5) is 10.5 Å². The number of nitrogens with zero attached hydrogens (tertiary/aromatic N) is 2. The van der Waals surface area contributed by atoms with Crippen LogP contribution in [0.3, 0.4) is 0 Å². The fourth-order valence-corrected chi connectivity index (χ4v) is 4.40. The molecule has 0 saturated carbocycles. The van der Waals surface area contributed by atoms with Gasteiger partial charge in [0.25, 0.3) is 11.8 Å². The number of aryl methyl sites for hydroxylation is 1. The number of methoxy groups -OCH3 is 1. The first-order chi connectivity index (χ1) is 16.6. The first-order valence-corrected chi connectivity index (χ1v) is 11.5. The third-order valence-electron chi connectivity index (χ3n) is 5.57. The van der Waals surface area contributed by atoms with Gasteiger partial charge in [0.1, 0.15) is 5.57 Å². The van der Waals surface area contributed by atoms with Gasteiger partial charge in [-0.1, -0.05) is 27.5 Å². The predicted molar refractivity (Wildman–Crippen MR) is 135 cm³/mol. The molecule has 0 aliphatic carbocycles.